The molecule has 7 heteroatoms. The van der Waals surface area contributed by atoms with E-state index in [0.29, 0.717) is 29.6 Å². The van der Waals surface area contributed by atoms with Crippen LogP contribution in [0.15, 0.2) is 36.4 Å². The lowest BCUT2D eigenvalue weighted by atomic mass is 9.97. The predicted octanol–water partition coefficient (Wildman–Crippen LogP) is 4.64. The van der Waals surface area contributed by atoms with E-state index in [1.165, 1.54) is 12.1 Å². The van der Waals surface area contributed by atoms with E-state index in [1.54, 1.807) is 43.1 Å². The molecule has 0 radical (unpaired) electrons. The Kier molecular flexibility index (Phi) is 6.26. The van der Waals surface area contributed by atoms with E-state index < -0.39 is 6.04 Å². The van der Waals surface area contributed by atoms with E-state index in [9.17, 15) is 14.0 Å². The maximum Gasteiger partial charge on any atom is 0.245 e. The lowest BCUT2D eigenvalue weighted by molar-refractivity contribution is -0.135. The third-order valence-corrected chi connectivity index (χ3v) is 5.34. The number of halogens is 3. The monoisotopic (exact) mass is 422 g/mol. The summed E-state index contributed by atoms with van der Waals surface area (Å²) >= 11 is 12.1. The minimum Gasteiger partial charge on any atom is -0.359 e. The molecule has 148 valence electrons. The highest BCUT2D eigenvalue weighted by Crippen LogP contribution is 2.28. The van der Waals surface area contributed by atoms with Crippen molar-refractivity contribution in [1.82, 2.24) is 4.90 Å². The molecule has 1 fully saturated rings. The Bertz CT molecular complexity index is 899. The highest BCUT2D eigenvalue weighted by atomic mass is 35.5. The molecule has 1 saturated heterocycles. The van der Waals surface area contributed by atoms with Crippen LogP contribution >= 0.6 is 23.2 Å². The van der Waals surface area contributed by atoms with Crippen LogP contribution in [0.25, 0.3) is 0 Å². The number of amides is 1. The van der Waals surface area contributed by atoms with E-state index in [0.717, 1.165) is 16.8 Å². The summed E-state index contributed by atoms with van der Waals surface area (Å²) in [4.78, 5) is 28.7. The Labute approximate surface area is 173 Å². The van der Waals surface area contributed by atoms with Gasteiger partial charge in [-0.15, -0.1) is 0 Å². The molecular weight excluding hydrogens is 402 g/mol. The number of carbonyl (C=O) groups excluding carboxylic acids is 2. The van der Waals surface area contributed by atoms with E-state index in [2.05, 4.69) is 0 Å². The summed E-state index contributed by atoms with van der Waals surface area (Å²) in [5.74, 6) is -0.450. The van der Waals surface area contributed by atoms with Crippen molar-refractivity contribution in [3.8, 4) is 0 Å². The number of benzene rings is 2. The smallest absolute Gasteiger partial charge is 0.245 e. The zero-order chi connectivity index (χ0) is 20.4. The normalized spacial score (nSPS) is 17.0. The van der Waals surface area contributed by atoms with Gasteiger partial charge in [-0.1, -0.05) is 23.2 Å². The molecule has 2 aromatic rings. The zero-order valence-corrected chi connectivity index (χ0v) is 17.2. The first-order valence-electron chi connectivity index (χ1n) is 8.99. The van der Waals surface area contributed by atoms with E-state index >= 15 is 0 Å². The number of piperidine rings is 1. The van der Waals surface area contributed by atoms with Crippen molar-refractivity contribution in [2.75, 3.05) is 18.5 Å². The van der Waals surface area contributed by atoms with Gasteiger partial charge in [-0.05, 0) is 54.4 Å². The van der Waals surface area contributed by atoms with Gasteiger partial charge in [0.2, 0.25) is 5.91 Å². The summed E-state index contributed by atoms with van der Waals surface area (Å²) in [5, 5.41) is 1.000. The van der Waals surface area contributed by atoms with Crippen molar-refractivity contribution in [3.05, 3.63) is 63.4 Å². The molecule has 28 heavy (non-hydrogen) atoms. The molecule has 0 bridgehead atoms. The first-order chi connectivity index (χ1) is 13.2. The second-order valence-electron chi connectivity index (χ2n) is 7.10. The van der Waals surface area contributed by atoms with Crippen LogP contribution in [0.4, 0.5) is 10.1 Å². The lowest BCUT2D eigenvalue weighted by Gasteiger charge is -2.38. The molecule has 0 aromatic heterocycles. The average Bonchev–Trinajstić information content (AvgIpc) is 2.60. The third kappa shape index (κ3) is 4.65. The molecule has 1 heterocycles. The number of nitrogens with zero attached hydrogens (tertiary/aromatic N) is 2. The first-order valence-corrected chi connectivity index (χ1v) is 9.74. The second kappa shape index (κ2) is 8.50. The number of anilines is 1. The first kappa shape index (κ1) is 20.6. The number of hydrogen-bond acceptors (Lipinski definition) is 3. The van der Waals surface area contributed by atoms with Gasteiger partial charge in [-0.2, -0.15) is 0 Å². The third-order valence-electron chi connectivity index (χ3n) is 4.90. The maximum atomic E-state index is 13.5. The average molecular weight is 423 g/mol. The highest BCUT2D eigenvalue weighted by Gasteiger charge is 2.35. The van der Waals surface area contributed by atoms with Crippen LogP contribution in [0.1, 0.15) is 24.0 Å². The molecule has 1 aliphatic heterocycles. The molecule has 3 rings (SSSR count). The summed E-state index contributed by atoms with van der Waals surface area (Å²) in [5.41, 5.74) is 2.31. The van der Waals surface area contributed by atoms with Gasteiger partial charge in [0.1, 0.15) is 17.6 Å². The SMILES string of the molecule is Cc1cc(F)ccc1N1CCC(=O)CC1C(=O)N(C)Cc1cc(Cl)cc(Cl)c1. The summed E-state index contributed by atoms with van der Waals surface area (Å²) < 4.78 is 13.5. The molecule has 1 unspecified atom stereocenters. The molecule has 0 spiro atoms. The van der Waals surface area contributed by atoms with Crippen molar-refractivity contribution in [3.63, 3.8) is 0 Å². The number of rotatable bonds is 4. The number of aryl methyl sites for hydroxylation is 1. The molecular formula is C21H21Cl2FN2O2. The molecule has 1 atom stereocenters. The van der Waals surface area contributed by atoms with E-state index in [1.807, 2.05) is 4.90 Å². The van der Waals surface area contributed by atoms with Gasteiger partial charge in [0.15, 0.2) is 0 Å². The van der Waals surface area contributed by atoms with Gasteiger partial charge in [0.05, 0.1) is 0 Å². The van der Waals surface area contributed by atoms with Gasteiger partial charge < -0.3 is 9.80 Å². The van der Waals surface area contributed by atoms with Crippen LogP contribution in [0, 0.1) is 12.7 Å². The second-order valence-corrected chi connectivity index (χ2v) is 7.98. The largest absolute Gasteiger partial charge is 0.359 e. The molecule has 1 amide bonds. The Hall–Kier alpha value is -2.11. The fourth-order valence-electron chi connectivity index (χ4n) is 3.59. The Morgan fingerprint density at radius 2 is 1.89 bits per heavy atom. The van der Waals surface area contributed by atoms with Gasteiger partial charge in [0.25, 0.3) is 0 Å². The number of Topliss-reactive ketones (excluding diaryl/α,β-unsaturated/α-hetero) is 1. The van der Waals surface area contributed by atoms with Crippen molar-refractivity contribution in [1.29, 1.82) is 0 Å². The number of likely N-dealkylation sites (N-methyl/N-ethyl adjacent to an activating group) is 1. The summed E-state index contributed by atoms with van der Waals surface area (Å²) in [6.45, 7) is 2.55. The maximum absolute atomic E-state index is 13.5. The summed E-state index contributed by atoms with van der Waals surface area (Å²) in [7, 11) is 1.69. The van der Waals surface area contributed by atoms with Crippen molar-refractivity contribution >= 4 is 40.6 Å². The Morgan fingerprint density at radius 1 is 1.21 bits per heavy atom. The Morgan fingerprint density at radius 3 is 2.54 bits per heavy atom. The summed E-state index contributed by atoms with van der Waals surface area (Å²) in [6, 6.07) is 8.99. The molecule has 0 aliphatic carbocycles. The molecule has 0 N–H and O–H groups in total. The van der Waals surface area contributed by atoms with E-state index in [4.69, 9.17) is 23.2 Å². The molecule has 2 aromatic carbocycles. The van der Waals surface area contributed by atoms with Crippen molar-refractivity contribution in [2.45, 2.75) is 32.4 Å². The van der Waals surface area contributed by atoms with Crippen LogP contribution in [0.3, 0.4) is 0 Å². The van der Waals surface area contributed by atoms with Gasteiger partial charge in [-0.25, -0.2) is 4.39 Å². The minimum absolute atomic E-state index is 0.0496. The minimum atomic E-state index is -0.620. The van der Waals surface area contributed by atoms with Crippen LogP contribution < -0.4 is 4.90 Å². The molecule has 0 saturated carbocycles. The number of carbonyl (C=O) groups is 2. The summed E-state index contributed by atoms with van der Waals surface area (Å²) in [6.07, 6.45) is 0.504. The zero-order valence-electron chi connectivity index (χ0n) is 15.7. The lowest BCUT2D eigenvalue weighted by Crippen LogP contribution is -2.52. The number of ketones is 1. The van der Waals surface area contributed by atoms with Crippen LogP contribution in [0.2, 0.25) is 10.0 Å². The van der Waals surface area contributed by atoms with Crippen LogP contribution in [0.5, 0.6) is 0 Å². The van der Waals surface area contributed by atoms with Gasteiger partial charge in [0, 0.05) is 48.7 Å². The fourth-order valence-corrected chi connectivity index (χ4v) is 4.16. The highest BCUT2D eigenvalue weighted by molar-refractivity contribution is 6.34. The van der Waals surface area contributed by atoms with Crippen LogP contribution in [-0.4, -0.2) is 36.2 Å². The van der Waals surface area contributed by atoms with E-state index in [-0.39, 0.29) is 23.9 Å². The topological polar surface area (TPSA) is 40.6 Å². The quantitative estimate of drug-likeness (QED) is 0.720. The molecule has 4 nitrogen and oxygen atoms in total. The van der Waals surface area contributed by atoms with Crippen molar-refractivity contribution < 1.29 is 14.0 Å². The number of hydrogen-bond donors (Lipinski definition) is 0. The standard InChI is InChI=1S/C21H21Cl2FN2O2/c1-13-7-17(24)3-4-19(13)26-6-5-18(27)11-20(26)21(28)25(2)12-14-8-15(22)10-16(23)9-14/h3-4,7-10,20H,5-6,11-12H2,1-2H3. The van der Waals surface area contributed by atoms with Crippen LogP contribution in [-0.2, 0) is 16.1 Å². The molecule has 1 aliphatic rings. The van der Waals surface area contributed by atoms with Crippen molar-refractivity contribution in [2.24, 2.45) is 0 Å². The Balaban J connectivity index is 1.84. The van der Waals surface area contributed by atoms with Gasteiger partial charge in [-0.3, -0.25) is 9.59 Å². The predicted molar refractivity (Wildman–Crippen MR) is 109 cm³/mol. The van der Waals surface area contributed by atoms with Gasteiger partial charge >= 0.3 is 0 Å². The fraction of sp³-hybridized carbons (Fsp3) is 0.333.